The fraction of sp³-hybridized carbons (Fsp3) is 0.625. The number of carboxylic acids is 1. The number of aliphatic hydroxyl groups is 1. The van der Waals surface area contributed by atoms with Crippen molar-refractivity contribution in [2.75, 3.05) is 13.2 Å². The summed E-state index contributed by atoms with van der Waals surface area (Å²) >= 11 is 0. The zero-order valence-electron chi connectivity index (χ0n) is 8.26. The molecule has 1 heterocycles. The van der Waals surface area contributed by atoms with Crippen LogP contribution >= 0.6 is 0 Å². The molecule has 0 aromatic carbocycles. The number of hydrogen-bond donors (Lipinski definition) is 3. The van der Waals surface area contributed by atoms with Crippen LogP contribution in [0.2, 0.25) is 0 Å². The first-order valence-corrected chi connectivity index (χ1v) is 4.67. The van der Waals surface area contributed by atoms with Crippen LogP contribution in [0.15, 0.2) is 0 Å². The minimum Gasteiger partial charge on any atom is -0.476 e. The van der Waals surface area contributed by atoms with Crippen LogP contribution in [0.5, 0.6) is 0 Å². The summed E-state index contributed by atoms with van der Waals surface area (Å²) in [5, 5.41) is 24.8. The van der Waals surface area contributed by atoms with Crippen LogP contribution in [-0.4, -0.2) is 44.3 Å². The highest BCUT2D eigenvalue weighted by molar-refractivity contribution is 5.86. The van der Waals surface area contributed by atoms with Crippen molar-refractivity contribution in [3.63, 3.8) is 0 Å². The lowest BCUT2D eigenvalue weighted by atomic mass is 10.2. The largest absolute Gasteiger partial charge is 0.476 e. The molecule has 15 heavy (non-hydrogen) atoms. The highest BCUT2D eigenvalue weighted by Crippen LogP contribution is 2.06. The van der Waals surface area contributed by atoms with Gasteiger partial charge in [-0.15, -0.1) is 5.10 Å². The third kappa shape index (κ3) is 2.74. The first kappa shape index (κ1) is 11.6. The monoisotopic (exact) mass is 214 g/mol. The summed E-state index contributed by atoms with van der Waals surface area (Å²) in [5.74, 6) is -1.10. The van der Waals surface area contributed by atoms with E-state index in [2.05, 4.69) is 10.3 Å². The Morgan fingerprint density at radius 2 is 2.27 bits per heavy atom. The van der Waals surface area contributed by atoms with E-state index in [0.717, 1.165) is 0 Å². The van der Waals surface area contributed by atoms with Crippen molar-refractivity contribution in [3.05, 3.63) is 11.4 Å². The zero-order valence-corrected chi connectivity index (χ0v) is 8.26. The van der Waals surface area contributed by atoms with Gasteiger partial charge in [0.15, 0.2) is 5.69 Å². The van der Waals surface area contributed by atoms with E-state index in [9.17, 15) is 4.79 Å². The van der Waals surface area contributed by atoms with Gasteiger partial charge in [0.25, 0.3) is 0 Å². The average molecular weight is 214 g/mol. The van der Waals surface area contributed by atoms with E-state index in [1.807, 2.05) is 0 Å². The van der Waals surface area contributed by atoms with E-state index in [1.54, 1.807) is 0 Å². The van der Waals surface area contributed by atoms with E-state index in [1.165, 1.54) is 4.68 Å². The summed E-state index contributed by atoms with van der Waals surface area (Å²) in [6.07, 6.45) is 0.931. The molecule has 0 bridgehead atoms. The smallest absolute Gasteiger partial charge is 0.358 e. The number of nitrogens with zero attached hydrogens (tertiary/aromatic N) is 3. The molecular formula is C8H14N4O3. The maximum absolute atomic E-state index is 10.8. The van der Waals surface area contributed by atoms with Gasteiger partial charge in [0, 0.05) is 19.6 Å². The Kier molecular flexibility index (Phi) is 4.19. The van der Waals surface area contributed by atoms with Crippen LogP contribution in [0.3, 0.4) is 0 Å². The zero-order chi connectivity index (χ0) is 11.3. The summed E-state index contributed by atoms with van der Waals surface area (Å²) in [7, 11) is 0. The van der Waals surface area contributed by atoms with Crippen LogP contribution < -0.4 is 5.73 Å². The van der Waals surface area contributed by atoms with Gasteiger partial charge in [-0.2, -0.15) is 0 Å². The Morgan fingerprint density at radius 1 is 1.53 bits per heavy atom. The maximum Gasteiger partial charge on any atom is 0.358 e. The lowest BCUT2D eigenvalue weighted by molar-refractivity contribution is 0.0689. The minimum absolute atomic E-state index is 0.0321. The van der Waals surface area contributed by atoms with E-state index < -0.39 is 5.97 Å². The molecule has 7 nitrogen and oxygen atoms in total. The predicted octanol–water partition coefficient (Wildman–Crippen LogP) is -1.14. The topological polar surface area (TPSA) is 114 Å². The summed E-state index contributed by atoms with van der Waals surface area (Å²) < 4.78 is 1.48. The van der Waals surface area contributed by atoms with Gasteiger partial charge < -0.3 is 15.9 Å². The SMILES string of the molecule is NCCc1c(C(=O)O)nnn1CCCO. The fourth-order valence-electron chi connectivity index (χ4n) is 1.28. The Bertz CT molecular complexity index is 337. The van der Waals surface area contributed by atoms with E-state index in [4.69, 9.17) is 15.9 Å². The number of carboxylic acid groups (broad SMARTS) is 1. The lowest BCUT2D eigenvalue weighted by Crippen LogP contribution is -2.14. The van der Waals surface area contributed by atoms with Gasteiger partial charge in [0.1, 0.15) is 0 Å². The number of aliphatic hydroxyl groups excluding tert-OH is 1. The highest BCUT2D eigenvalue weighted by atomic mass is 16.4. The van der Waals surface area contributed by atoms with E-state index >= 15 is 0 Å². The van der Waals surface area contributed by atoms with Crippen LogP contribution in [0.25, 0.3) is 0 Å². The summed E-state index contributed by atoms with van der Waals surface area (Å²) in [5.41, 5.74) is 5.83. The standard InChI is InChI=1S/C8H14N4O3/c9-3-2-6-7(8(14)15)10-11-12(6)4-1-5-13/h13H,1-5,9H2,(H,14,15). The summed E-state index contributed by atoms with van der Waals surface area (Å²) in [4.78, 5) is 10.8. The quantitative estimate of drug-likeness (QED) is 0.551. The van der Waals surface area contributed by atoms with Crippen molar-refractivity contribution < 1.29 is 15.0 Å². The third-order valence-electron chi connectivity index (χ3n) is 1.95. The molecule has 0 spiro atoms. The Balaban J connectivity index is 2.90. The fourth-order valence-corrected chi connectivity index (χ4v) is 1.28. The van der Waals surface area contributed by atoms with Gasteiger partial charge in [0.2, 0.25) is 0 Å². The normalized spacial score (nSPS) is 10.5. The Morgan fingerprint density at radius 3 is 2.80 bits per heavy atom. The molecule has 1 rings (SSSR count). The summed E-state index contributed by atoms with van der Waals surface area (Å²) in [6.45, 7) is 0.823. The molecule has 4 N–H and O–H groups in total. The van der Waals surface area contributed by atoms with E-state index in [0.29, 0.717) is 31.6 Å². The predicted molar refractivity (Wildman–Crippen MR) is 51.4 cm³/mol. The Hall–Kier alpha value is -1.47. The number of hydrogen-bond acceptors (Lipinski definition) is 5. The first-order chi connectivity index (χ1) is 7.20. The molecule has 0 radical (unpaired) electrons. The van der Waals surface area contributed by atoms with Crippen molar-refractivity contribution >= 4 is 5.97 Å². The molecule has 0 saturated carbocycles. The van der Waals surface area contributed by atoms with Gasteiger partial charge in [-0.3, -0.25) is 0 Å². The minimum atomic E-state index is -1.10. The molecule has 84 valence electrons. The maximum atomic E-state index is 10.8. The molecule has 0 aliphatic heterocycles. The molecule has 0 atom stereocenters. The number of rotatable bonds is 6. The molecule has 7 heteroatoms. The second-order valence-electron chi connectivity index (χ2n) is 3.03. The van der Waals surface area contributed by atoms with Crippen molar-refractivity contribution in [3.8, 4) is 0 Å². The molecule has 0 amide bonds. The molecule has 0 fully saturated rings. The van der Waals surface area contributed by atoms with Gasteiger partial charge in [-0.1, -0.05) is 5.21 Å². The van der Waals surface area contributed by atoms with Gasteiger partial charge in [-0.25, -0.2) is 9.48 Å². The number of aromatic carboxylic acids is 1. The Labute approximate surface area is 86.5 Å². The van der Waals surface area contributed by atoms with Crippen molar-refractivity contribution in [1.29, 1.82) is 0 Å². The molecule has 0 saturated heterocycles. The van der Waals surface area contributed by atoms with Crippen molar-refractivity contribution in [2.24, 2.45) is 5.73 Å². The van der Waals surface area contributed by atoms with Gasteiger partial charge >= 0.3 is 5.97 Å². The third-order valence-corrected chi connectivity index (χ3v) is 1.95. The number of carbonyl (C=O) groups is 1. The van der Waals surface area contributed by atoms with Gasteiger partial charge in [-0.05, 0) is 13.0 Å². The lowest BCUT2D eigenvalue weighted by Gasteiger charge is -2.04. The molecule has 0 aliphatic carbocycles. The van der Waals surface area contributed by atoms with Crippen LogP contribution in [0.4, 0.5) is 0 Å². The summed E-state index contributed by atoms with van der Waals surface area (Å²) in [6, 6.07) is 0. The van der Waals surface area contributed by atoms with Crippen LogP contribution in [0.1, 0.15) is 22.6 Å². The molecular weight excluding hydrogens is 200 g/mol. The number of aryl methyl sites for hydroxylation is 1. The second kappa shape index (κ2) is 5.42. The average Bonchev–Trinajstić information content (AvgIpc) is 2.59. The number of nitrogens with two attached hydrogens (primary N) is 1. The number of aromatic nitrogens is 3. The molecule has 0 aliphatic rings. The highest BCUT2D eigenvalue weighted by Gasteiger charge is 2.17. The van der Waals surface area contributed by atoms with E-state index in [-0.39, 0.29) is 12.3 Å². The molecule has 0 unspecified atom stereocenters. The molecule has 1 aromatic rings. The van der Waals surface area contributed by atoms with Crippen LogP contribution in [0, 0.1) is 0 Å². The second-order valence-corrected chi connectivity index (χ2v) is 3.03. The first-order valence-electron chi connectivity index (χ1n) is 4.67. The molecule has 1 aromatic heterocycles. The van der Waals surface area contributed by atoms with Crippen molar-refractivity contribution in [1.82, 2.24) is 15.0 Å². The van der Waals surface area contributed by atoms with Crippen LogP contribution in [-0.2, 0) is 13.0 Å². The van der Waals surface area contributed by atoms with Gasteiger partial charge in [0.05, 0.1) is 5.69 Å². The van der Waals surface area contributed by atoms with Crippen molar-refractivity contribution in [2.45, 2.75) is 19.4 Å².